The summed E-state index contributed by atoms with van der Waals surface area (Å²) in [6.45, 7) is 3.89. The number of rotatable bonds is 4. The maximum atomic E-state index is 11.8. The molecule has 2 nitrogen and oxygen atoms in total. The van der Waals surface area contributed by atoms with Crippen LogP contribution in [0.5, 0.6) is 5.75 Å². The van der Waals surface area contributed by atoms with E-state index in [1.165, 1.54) is 5.56 Å². The molecule has 0 fully saturated rings. The molecule has 1 atom stereocenters. The second kappa shape index (κ2) is 5.31. The fraction of sp³-hybridized carbons (Fsp3) is 0.417. The molecular weight excluding hydrogens is 256 g/mol. The maximum Gasteiger partial charge on any atom is 0.179 e. The van der Waals surface area contributed by atoms with Crippen LogP contribution in [0.3, 0.4) is 0 Å². The minimum absolute atomic E-state index is 0.0505. The fourth-order valence-electron chi connectivity index (χ4n) is 1.37. The molecule has 0 aliphatic rings. The average Bonchev–Trinajstić information content (AvgIpc) is 2.27. The molecule has 0 aromatic heterocycles. The first-order valence-corrected chi connectivity index (χ1v) is 5.87. The molecule has 0 aliphatic carbocycles. The van der Waals surface area contributed by atoms with Crippen molar-refractivity contribution in [3.8, 4) is 5.75 Å². The first-order valence-electron chi connectivity index (χ1n) is 4.95. The number of hydrogen-bond acceptors (Lipinski definition) is 2. The summed E-state index contributed by atoms with van der Waals surface area (Å²) in [7, 11) is 1.59. The predicted octanol–water partition coefficient (Wildman–Crippen LogP) is 3.22. The molecular formula is C12H15BrO2. The summed E-state index contributed by atoms with van der Waals surface area (Å²) in [5.41, 5.74) is 1.81. The van der Waals surface area contributed by atoms with Crippen molar-refractivity contribution in [3.05, 3.63) is 29.3 Å². The number of hydrogen-bond donors (Lipinski definition) is 0. The molecule has 0 amide bonds. The second-order valence-corrected chi connectivity index (χ2v) is 4.74. The van der Waals surface area contributed by atoms with Gasteiger partial charge >= 0.3 is 0 Å². The van der Waals surface area contributed by atoms with Crippen LogP contribution >= 0.6 is 15.9 Å². The smallest absolute Gasteiger partial charge is 0.179 e. The van der Waals surface area contributed by atoms with Crippen molar-refractivity contribution >= 4 is 21.7 Å². The molecule has 0 spiro atoms. The van der Waals surface area contributed by atoms with Crippen molar-refractivity contribution in [2.24, 2.45) is 0 Å². The Kier molecular flexibility index (Phi) is 4.33. The number of alkyl halides is 1. The number of methoxy groups -OCH3 is 1. The Morgan fingerprint density at radius 2 is 2.20 bits per heavy atom. The van der Waals surface area contributed by atoms with Crippen molar-refractivity contribution in [2.75, 3.05) is 7.11 Å². The molecule has 0 heterocycles. The van der Waals surface area contributed by atoms with Crippen LogP contribution in [0.25, 0.3) is 0 Å². The summed E-state index contributed by atoms with van der Waals surface area (Å²) in [5, 5.41) is 0. The highest BCUT2D eigenvalue weighted by atomic mass is 79.9. The number of ketones is 1. The van der Waals surface area contributed by atoms with E-state index in [9.17, 15) is 4.79 Å². The van der Waals surface area contributed by atoms with Crippen LogP contribution in [0.1, 0.15) is 29.8 Å². The largest absolute Gasteiger partial charge is 0.496 e. The zero-order valence-electron chi connectivity index (χ0n) is 9.21. The summed E-state index contributed by atoms with van der Waals surface area (Å²) in [4.78, 5) is 11.6. The average molecular weight is 271 g/mol. The number of aryl methyl sites for hydroxylation is 1. The van der Waals surface area contributed by atoms with Gasteiger partial charge in [0, 0.05) is 0 Å². The zero-order chi connectivity index (χ0) is 11.4. The number of benzene rings is 1. The molecule has 1 aromatic rings. The van der Waals surface area contributed by atoms with Crippen LogP contribution in [0.15, 0.2) is 18.2 Å². The van der Waals surface area contributed by atoms with E-state index in [-0.39, 0.29) is 10.6 Å². The molecule has 15 heavy (non-hydrogen) atoms. The van der Waals surface area contributed by atoms with Gasteiger partial charge in [-0.15, -0.1) is 0 Å². The van der Waals surface area contributed by atoms with E-state index in [0.717, 1.165) is 6.42 Å². The molecule has 0 radical (unpaired) electrons. The first-order chi connectivity index (χ1) is 7.10. The molecule has 1 unspecified atom stereocenters. The van der Waals surface area contributed by atoms with Gasteiger partial charge in [0.1, 0.15) is 5.75 Å². The Balaban J connectivity index is 3.13. The van der Waals surface area contributed by atoms with Gasteiger partial charge in [-0.3, -0.25) is 4.79 Å². The van der Waals surface area contributed by atoms with Gasteiger partial charge in [-0.1, -0.05) is 28.9 Å². The van der Waals surface area contributed by atoms with E-state index in [4.69, 9.17) is 4.74 Å². The highest BCUT2D eigenvalue weighted by Gasteiger charge is 2.16. The third kappa shape index (κ3) is 2.81. The van der Waals surface area contributed by atoms with Gasteiger partial charge in [-0.25, -0.2) is 0 Å². The lowest BCUT2D eigenvalue weighted by atomic mass is 10.0. The van der Waals surface area contributed by atoms with E-state index in [0.29, 0.717) is 11.3 Å². The number of carbonyl (C=O) groups excluding carboxylic acids is 1. The Hall–Kier alpha value is -0.830. The van der Waals surface area contributed by atoms with Crippen LogP contribution in [-0.4, -0.2) is 17.7 Å². The third-order valence-electron chi connectivity index (χ3n) is 2.30. The molecule has 0 bridgehead atoms. The second-order valence-electron chi connectivity index (χ2n) is 3.37. The van der Waals surface area contributed by atoms with Gasteiger partial charge in [-0.2, -0.15) is 0 Å². The predicted molar refractivity (Wildman–Crippen MR) is 65.1 cm³/mol. The van der Waals surface area contributed by atoms with Gasteiger partial charge in [-0.05, 0) is 31.0 Å². The molecule has 0 aliphatic heterocycles. The van der Waals surface area contributed by atoms with E-state index < -0.39 is 0 Å². The van der Waals surface area contributed by atoms with Gasteiger partial charge < -0.3 is 4.74 Å². The van der Waals surface area contributed by atoms with Gasteiger partial charge in [0.15, 0.2) is 5.78 Å². The Bertz CT molecular complexity index is 359. The van der Waals surface area contributed by atoms with Crippen molar-refractivity contribution in [1.29, 1.82) is 0 Å². The van der Waals surface area contributed by atoms with Crippen molar-refractivity contribution < 1.29 is 9.53 Å². The van der Waals surface area contributed by atoms with Crippen molar-refractivity contribution in [1.82, 2.24) is 0 Å². The summed E-state index contributed by atoms with van der Waals surface area (Å²) in [6.07, 6.45) is 0.939. The van der Waals surface area contributed by atoms with Crippen LogP contribution in [0, 0.1) is 0 Å². The van der Waals surface area contributed by atoms with E-state index >= 15 is 0 Å². The number of Topliss-reactive ketones (excluding diaryl/α,β-unsaturated/α-hetero) is 1. The van der Waals surface area contributed by atoms with Crippen molar-refractivity contribution in [3.63, 3.8) is 0 Å². The maximum absolute atomic E-state index is 11.8. The van der Waals surface area contributed by atoms with E-state index in [1.54, 1.807) is 7.11 Å². The lowest BCUT2D eigenvalue weighted by Gasteiger charge is -2.10. The summed E-state index contributed by atoms with van der Waals surface area (Å²) in [6, 6.07) is 5.71. The number of ether oxygens (including phenoxy) is 1. The topological polar surface area (TPSA) is 26.3 Å². The van der Waals surface area contributed by atoms with Crippen LogP contribution in [0.2, 0.25) is 0 Å². The van der Waals surface area contributed by atoms with E-state index in [1.807, 2.05) is 25.1 Å². The first kappa shape index (κ1) is 12.2. The lowest BCUT2D eigenvalue weighted by Crippen LogP contribution is -2.11. The van der Waals surface area contributed by atoms with Crippen LogP contribution < -0.4 is 4.74 Å². The van der Waals surface area contributed by atoms with Gasteiger partial charge in [0.05, 0.1) is 17.5 Å². The van der Waals surface area contributed by atoms with Crippen LogP contribution in [0.4, 0.5) is 0 Å². The molecule has 1 rings (SSSR count). The normalized spacial score (nSPS) is 12.3. The minimum Gasteiger partial charge on any atom is -0.496 e. The lowest BCUT2D eigenvalue weighted by molar-refractivity contribution is 0.0993. The highest BCUT2D eigenvalue weighted by molar-refractivity contribution is 9.10. The Morgan fingerprint density at radius 3 is 2.67 bits per heavy atom. The monoisotopic (exact) mass is 270 g/mol. The molecule has 82 valence electrons. The third-order valence-corrected chi connectivity index (χ3v) is 2.72. The Labute approximate surface area is 98.8 Å². The van der Waals surface area contributed by atoms with E-state index in [2.05, 4.69) is 22.9 Å². The SMILES string of the molecule is CCc1ccc(C(=O)C(C)Br)c(OC)c1. The van der Waals surface area contributed by atoms with Gasteiger partial charge in [0.2, 0.25) is 0 Å². The van der Waals surface area contributed by atoms with Crippen LogP contribution in [-0.2, 0) is 6.42 Å². The van der Waals surface area contributed by atoms with Crippen molar-refractivity contribution in [2.45, 2.75) is 25.1 Å². The quantitative estimate of drug-likeness (QED) is 0.620. The Morgan fingerprint density at radius 1 is 1.53 bits per heavy atom. The molecule has 0 saturated heterocycles. The number of carbonyl (C=O) groups is 1. The summed E-state index contributed by atoms with van der Waals surface area (Å²) < 4.78 is 5.22. The highest BCUT2D eigenvalue weighted by Crippen LogP contribution is 2.23. The standard InChI is InChI=1S/C12H15BrO2/c1-4-9-5-6-10(11(7-9)15-3)12(14)8(2)13/h5-8H,4H2,1-3H3. The molecule has 0 saturated carbocycles. The number of halogens is 1. The summed E-state index contributed by atoms with van der Waals surface area (Å²) in [5.74, 6) is 0.708. The van der Waals surface area contributed by atoms with Gasteiger partial charge in [0.25, 0.3) is 0 Å². The zero-order valence-corrected chi connectivity index (χ0v) is 10.8. The fourth-order valence-corrected chi connectivity index (χ4v) is 1.62. The summed E-state index contributed by atoms with van der Waals surface area (Å²) >= 11 is 3.27. The molecule has 3 heteroatoms. The molecule has 0 N–H and O–H groups in total. The minimum atomic E-state index is -0.182. The molecule has 1 aromatic carbocycles.